The van der Waals surface area contributed by atoms with Crippen LogP contribution in [0.5, 0.6) is 0 Å². The minimum Gasteiger partial charge on any atom is -0.444 e. The largest absolute Gasteiger partial charge is 0.444 e. The van der Waals surface area contributed by atoms with Crippen LogP contribution < -0.4 is 5.32 Å². The number of guanidine groups is 1. The summed E-state index contributed by atoms with van der Waals surface area (Å²) in [4.78, 5) is 20.9. The van der Waals surface area contributed by atoms with Gasteiger partial charge in [-0.3, -0.25) is 4.99 Å². The van der Waals surface area contributed by atoms with Crippen LogP contribution in [-0.4, -0.2) is 78.2 Å². The van der Waals surface area contributed by atoms with E-state index in [1.54, 1.807) is 0 Å². The number of rotatable bonds is 3. The number of hydrogen-bond donors (Lipinski definition) is 1. The van der Waals surface area contributed by atoms with Crippen molar-refractivity contribution in [1.82, 2.24) is 15.1 Å². The quantitative estimate of drug-likeness (QED) is 0.599. The SMILES string of the molecule is CCC1CN(C(=NC)NCC2CCN(C(=O)OC(C)(C)C)CC2)CCS1. The Bertz CT molecular complexity index is 484. The van der Waals surface area contributed by atoms with E-state index in [0.717, 1.165) is 51.5 Å². The summed E-state index contributed by atoms with van der Waals surface area (Å²) in [6.45, 7) is 12.6. The van der Waals surface area contributed by atoms with Gasteiger partial charge in [0.15, 0.2) is 5.96 Å². The molecule has 2 aliphatic rings. The van der Waals surface area contributed by atoms with Crippen LogP contribution in [0.4, 0.5) is 4.79 Å². The smallest absolute Gasteiger partial charge is 0.410 e. The predicted octanol–water partition coefficient (Wildman–Crippen LogP) is 3.04. The van der Waals surface area contributed by atoms with Crippen LogP contribution in [0.15, 0.2) is 4.99 Å². The van der Waals surface area contributed by atoms with Crippen LogP contribution in [0.2, 0.25) is 0 Å². The molecule has 1 amide bonds. The van der Waals surface area contributed by atoms with Crippen LogP contribution in [0.1, 0.15) is 47.0 Å². The third kappa shape index (κ3) is 6.56. The van der Waals surface area contributed by atoms with Gasteiger partial charge in [0.05, 0.1) is 0 Å². The Morgan fingerprint density at radius 1 is 1.23 bits per heavy atom. The summed E-state index contributed by atoms with van der Waals surface area (Å²) in [5.74, 6) is 2.78. The molecule has 0 bridgehead atoms. The topological polar surface area (TPSA) is 57.2 Å². The highest BCUT2D eigenvalue weighted by molar-refractivity contribution is 8.00. The Morgan fingerprint density at radius 2 is 1.92 bits per heavy atom. The number of amides is 1. The first-order chi connectivity index (χ1) is 12.3. The summed E-state index contributed by atoms with van der Waals surface area (Å²) in [7, 11) is 1.87. The molecule has 0 aliphatic carbocycles. The molecule has 2 saturated heterocycles. The average Bonchev–Trinajstić information content (AvgIpc) is 2.61. The van der Waals surface area contributed by atoms with E-state index in [9.17, 15) is 4.79 Å². The van der Waals surface area contributed by atoms with E-state index < -0.39 is 5.60 Å². The molecule has 2 fully saturated rings. The average molecular weight is 385 g/mol. The highest BCUT2D eigenvalue weighted by Crippen LogP contribution is 2.22. The van der Waals surface area contributed by atoms with Gasteiger partial charge in [0.1, 0.15) is 5.60 Å². The third-order valence-corrected chi connectivity index (χ3v) is 6.29. The molecule has 0 saturated carbocycles. The highest BCUT2D eigenvalue weighted by atomic mass is 32.2. The first kappa shape index (κ1) is 21.2. The molecule has 2 aliphatic heterocycles. The van der Waals surface area contributed by atoms with E-state index >= 15 is 0 Å². The zero-order valence-electron chi connectivity index (χ0n) is 17.1. The van der Waals surface area contributed by atoms with Crippen molar-refractivity contribution in [3.8, 4) is 0 Å². The molecule has 0 aromatic heterocycles. The zero-order chi connectivity index (χ0) is 19.2. The van der Waals surface area contributed by atoms with E-state index in [1.165, 1.54) is 12.2 Å². The summed E-state index contributed by atoms with van der Waals surface area (Å²) in [6, 6.07) is 0. The van der Waals surface area contributed by atoms with Gasteiger partial charge in [0, 0.05) is 50.8 Å². The van der Waals surface area contributed by atoms with Crippen LogP contribution >= 0.6 is 11.8 Å². The maximum absolute atomic E-state index is 12.2. The van der Waals surface area contributed by atoms with Crippen LogP contribution in [0.3, 0.4) is 0 Å². The van der Waals surface area contributed by atoms with E-state index in [0.29, 0.717) is 11.2 Å². The number of likely N-dealkylation sites (tertiary alicyclic amines) is 1. The lowest BCUT2D eigenvalue weighted by Crippen LogP contribution is -2.50. The van der Waals surface area contributed by atoms with Crippen molar-refractivity contribution in [2.45, 2.75) is 57.8 Å². The number of aliphatic imine (C=N–C) groups is 1. The van der Waals surface area contributed by atoms with E-state index in [-0.39, 0.29) is 6.09 Å². The van der Waals surface area contributed by atoms with Crippen molar-refractivity contribution in [2.24, 2.45) is 10.9 Å². The van der Waals surface area contributed by atoms with Gasteiger partial charge in [-0.15, -0.1) is 0 Å². The van der Waals surface area contributed by atoms with Crippen molar-refractivity contribution in [3.05, 3.63) is 0 Å². The minimum atomic E-state index is -0.426. The molecular weight excluding hydrogens is 348 g/mol. The second-order valence-electron chi connectivity index (χ2n) is 8.19. The summed E-state index contributed by atoms with van der Waals surface area (Å²) in [6.07, 6.45) is 3.05. The number of thioether (sulfide) groups is 1. The molecule has 26 heavy (non-hydrogen) atoms. The number of nitrogens with one attached hydrogen (secondary N) is 1. The summed E-state index contributed by atoms with van der Waals surface area (Å²) in [5.41, 5.74) is -0.426. The lowest BCUT2D eigenvalue weighted by molar-refractivity contribution is 0.0185. The monoisotopic (exact) mass is 384 g/mol. The van der Waals surface area contributed by atoms with Gasteiger partial charge in [-0.1, -0.05) is 6.92 Å². The van der Waals surface area contributed by atoms with E-state index in [2.05, 4.69) is 33.9 Å². The van der Waals surface area contributed by atoms with Crippen LogP contribution in [0, 0.1) is 5.92 Å². The molecule has 0 aromatic rings. The fraction of sp³-hybridized carbons (Fsp3) is 0.895. The lowest BCUT2D eigenvalue weighted by Gasteiger charge is -2.36. The van der Waals surface area contributed by atoms with Gasteiger partial charge in [-0.2, -0.15) is 11.8 Å². The molecule has 0 aromatic carbocycles. The fourth-order valence-corrected chi connectivity index (χ4v) is 4.55. The van der Waals surface area contributed by atoms with Gasteiger partial charge >= 0.3 is 6.09 Å². The number of ether oxygens (including phenoxy) is 1. The second kappa shape index (κ2) is 9.72. The number of hydrogen-bond acceptors (Lipinski definition) is 4. The normalized spacial score (nSPS) is 23.1. The maximum Gasteiger partial charge on any atom is 0.410 e. The molecule has 1 N–H and O–H groups in total. The summed E-state index contributed by atoms with van der Waals surface area (Å²) >= 11 is 2.07. The Labute approximate surface area is 163 Å². The molecule has 7 heteroatoms. The summed E-state index contributed by atoms with van der Waals surface area (Å²) in [5, 5.41) is 4.28. The zero-order valence-corrected chi connectivity index (χ0v) is 17.9. The molecule has 0 radical (unpaired) electrons. The second-order valence-corrected chi connectivity index (χ2v) is 9.59. The number of piperidine rings is 1. The van der Waals surface area contributed by atoms with E-state index in [4.69, 9.17) is 4.74 Å². The first-order valence-corrected chi connectivity index (χ1v) is 10.9. The lowest BCUT2D eigenvalue weighted by atomic mass is 9.97. The molecular formula is C19H36N4O2S. The van der Waals surface area contributed by atoms with Crippen LogP contribution in [0.25, 0.3) is 0 Å². The Hall–Kier alpha value is -1.11. The van der Waals surface area contributed by atoms with Gasteiger partial charge in [0.2, 0.25) is 0 Å². The number of carbonyl (C=O) groups is 1. The summed E-state index contributed by atoms with van der Waals surface area (Å²) < 4.78 is 5.47. The Morgan fingerprint density at radius 3 is 2.50 bits per heavy atom. The van der Waals surface area contributed by atoms with Crippen molar-refractivity contribution < 1.29 is 9.53 Å². The molecule has 150 valence electrons. The van der Waals surface area contributed by atoms with Crippen molar-refractivity contribution in [1.29, 1.82) is 0 Å². The molecule has 2 heterocycles. The fourth-order valence-electron chi connectivity index (χ4n) is 3.37. The standard InChI is InChI=1S/C19H36N4O2S/c1-6-16-14-23(11-12-26-16)17(20-5)21-13-15-7-9-22(10-8-15)18(24)25-19(2,3)4/h15-16H,6-14H2,1-5H3,(H,20,21). The Kier molecular flexibility index (Phi) is 7.92. The molecule has 1 atom stereocenters. The molecule has 2 rings (SSSR count). The van der Waals surface area contributed by atoms with Crippen LogP contribution in [-0.2, 0) is 4.74 Å². The van der Waals surface area contributed by atoms with Crippen molar-refractivity contribution in [3.63, 3.8) is 0 Å². The highest BCUT2D eigenvalue weighted by Gasteiger charge is 2.27. The van der Waals surface area contributed by atoms with Gasteiger partial charge in [0.25, 0.3) is 0 Å². The third-order valence-electron chi connectivity index (χ3n) is 4.92. The van der Waals surface area contributed by atoms with Gasteiger partial charge in [-0.25, -0.2) is 4.79 Å². The maximum atomic E-state index is 12.2. The van der Waals surface area contributed by atoms with Crippen molar-refractivity contribution >= 4 is 23.8 Å². The number of carbonyl (C=O) groups excluding carboxylic acids is 1. The molecule has 6 nitrogen and oxygen atoms in total. The molecule has 0 spiro atoms. The van der Waals surface area contributed by atoms with Gasteiger partial charge in [-0.05, 0) is 46.0 Å². The van der Waals surface area contributed by atoms with E-state index in [1.807, 2.05) is 32.7 Å². The minimum absolute atomic E-state index is 0.184. The predicted molar refractivity (Wildman–Crippen MR) is 110 cm³/mol. The first-order valence-electron chi connectivity index (χ1n) is 9.87. The Balaban J connectivity index is 1.74. The van der Waals surface area contributed by atoms with Crippen molar-refractivity contribution in [2.75, 3.05) is 45.5 Å². The van der Waals surface area contributed by atoms with Gasteiger partial charge < -0.3 is 19.9 Å². The molecule has 1 unspecified atom stereocenters. The number of nitrogens with zero attached hydrogens (tertiary/aromatic N) is 3.